The minimum atomic E-state index is -0.545. The van der Waals surface area contributed by atoms with E-state index in [2.05, 4.69) is 10.3 Å². The Labute approximate surface area is 143 Å². The highest BCUT2D eigenvalue weighted by molar-refractivity contribution is 7.22. The third-order valence-electron chi connectivity index (χ3n) is 3.74. The average Bonchev–Trinajstić information content (AvgIpc) is 3.02. The van der Waals surface area contributed by atoms with Gasteiger partial charge in [0.05, 0.1) is 28.5 Å². The van der Waals surface area contributed by atoms with Crippen LogP contribution in [-0.4, -0.2) is 24.0 Å². The third kappa shape index (κ3) is 2.88. The van der Waals surface area contributed by atoms with Crippen molar-refractivity contribution in [2.45, 2.75) is 13.8 Å². The summed E-state index contributed by atoms with van der Waals surface area (Å²) in [5.74, 6) is -0.929. The first kappa shape index (κ1) is 16.1. The van der Waals surface area contributed by atoms with Crippen LogP contribution in [0.3, 0.4) is 0 Å². The molecule has 2 aromatic carbocycles. The zero-order valence-corrected chi connectivity index (χ0v) is 14.4. The Morgan fingerprint density at radius 2 is 1.71 bits per heavy atom. The Morgan fingerprint density at radius 3 is 2.38 bits per heavy atom. The molecule has 0 aliphatic carbocycles. The number of ether oxygens (including phenoxy) is 1. The van der Waals surface area contributed by atoms with Gasteiger partial charge in [-0.25, -0.2) is 9.78 Å². The Hall–Kier alpha value is -2.73. The summed E-state index contributed by atoms with van der Waals surface area (Å²) in [6.07, 6.45) is 0. The van der Waals surface area contributed by atoms with Crippen LogP contribution in [0.25, 0.3) is 10.2 Å². The van der Waals surface area contributed by atoms with Crippen molar-refractivity contribution in [3.8, 4) is 0 Å². The molecule has 3 rings (SSSR count). The molecule has 0 saturated heterocycles. The summed E-state index contributed by atoms with van der Waals surface area (Å²) in [7, 11) is 1.29. The maximum Gasteiger partial charge on any atom is 0.338 e. The second kappa shape index (κ2) is 6.41. The fraction of sp³-hybridized carbons (Fsp3) is 0.167. The van der Waals surface area contributed by atoms with Crippen LogP contribution >= 0.6 is 11.3 Å². The Morgan fingerprint density at radius 1 is 1.04 bits per heavy atom. The first-order chi connectivity index (χ1) is 11.5. The summed E-state index contributed by atoms with van der Waals surface area (Å²) in [4.78, 5) is 28.9. The first-order valence-corrected chi connectivity index (χ1v) is 8.18. The molecule has 24 heavy (non-hydrogen) atoms. The van der Waals surface area contributed by atoms with Crippen molar-refractivity contribution in [3.05, 3.63) is 58.7 Å². The van der Waals surface area contributed by atoms with E-state index in [1.165, 1.54) is 18.4 Å². The van der Waals surface area contributed by atoms with Crippen molar-refractivity contribution in [1.29, 1.82) is 0 Å². The lowest BCUT2D eigenvalue weighted by molar-refractivity contribution is 0.0597. The number of amides is 1. The second-order valence-electron chi connectivity index (χ2n) is 5.39. The number of benzene rings is 2. The molecule has 0 spiro atoms. The molecule has 0 saturated carbocycles. The van der Waals surface area contributed by atoms with Crippen LogP contribution in [0.2, 0.25) is 0 Å². The highest BCUT2D eigenvalue weighted by Crippen LogP contribution is 2.31. The number of carbonyl (C=O) groups is 2. The van der Waals surface area contributed by atoms with Crippen molar-refractivity contribution in [2.75, 3.05) is 12.4 Å². The van der Waals surface area contributed by atoms with Crippen molar-refractivity contribution < 1.29 is 14.3 Å². The van der Waals surface area contributed by atoms with Gasteiger partial charge in [-0.2, -0.15) is 0 Å². The lowest BCUT2D eigenvalue weighted by Crippen LogP contribution is -2.16. The van der Waals surface area contributed by atoms with E-state index < -0.39 is 5.97 Å². The number of aromatic nitrogens is 1. The summed E-state index contributed by atoms with van der Waals surface area (Å²) in [6.45, 7) is 4.00. The molecule has 0 aliphatic heterocycles. The minimum absolute atomic E-state index is 0.228. The van der Waals surface area contributed by atoms with Gasteiger partial charge in [-0.05, 0) is 37.1 Å². The number of hydrogen-bond acceptors (Lipinski definition) is 5. The number of rotatable bonds is 3. The van der Waals surface area contributed by atoms with E-state index in [9.17, 15) is 9.59 Å². The molecule has 0 bridgehead atoms. The largest absolute Gasteiger partial charge is 0.465 e. The zero-order chi connectivity index (χ0) is 17.3. The fourth-order valence-corrected chi connectivity index (χ4v) is 3.45. The van der Waals surface area contributed by atoms with Gasteiger partial charge in [-0.15, -0.1) is 0 Å². The van der Waals surface area contributed by atoms with Crippen molar-refractivity contribution in [3.63, 3.8) is 0 Å². The zero-order valence-electron chi connectivity index (χ0n) is 13.5. The lowest BCUT2D eigenvalue weighted by Gasteiger charge is -2.06. The molecule has 0 radical (unpaired) electrons. The van der Waals surface area contributed by atoms with Gasteiger partial charge in [-0.1, -0.05) is 35.6 Å². The summed E-state index contributed by atoms with van der Waals surface area (Å²) >= 11 is 1.42. The Bertz CT molecular complexity index is 908. The molecule has 5 nitrogen and oxygen atoms in total. The van der Waals surface area contributed by atoms with E-state index in [1.807, 2.05) is 26.0 Å². The van der Waals surface area contributed by atoms with Crippen LogP contribution in [0, 0.1) is 13.8 Å². The predicted octanol–water partition coefficient (Wildman–Crippen LogP) is 3.95. The van der Waals surface area contributed by atoms with E-state index in [0.717, 1.165) is 21.3 Å². The SMILES string of the molecule is COC(=O)c1ccccc1C(=O)Nc1nc2c(C)ccc(C)c2s1. The van der Waals surface area contributed by atoms with Crippen LogP contribution in [0.1, 0.15) is 31.8 Å². The maximum atomic E-state index is 12.5. The van der Waals surface area contributed by atoms with Gasteiger partial charge in [-0.3, -0.25) is 10.1 Å². The fourth-order valence-electron chi connectivity index (χ4n) is 2.45. The first-order valence-electron chi connectivity index (χ1n) is 7.36. The van der Waals surface area contributed by atoms with Gasteiger partial charge in [0.25, 0.3) is 5.91 Å². The van der Waals surface area contributed by atoms with E-state index in [0.29, 0.717) is 5.13 Å². The second-order valence-corrected chi connectivity index (χ2v) is 6.39. The molecule has 0 fully saturated rings. The Balaban J connectivity index is 1.95. The molecule has 0 atom stereocenters. The quantitative estimate of drug-likeness (QED) is 0.733. The number of carbonyl (C=O) groups excluding carboxylic acids is 2. The number of nitrogens with zero attached hydrogens (tertiary/aromatic N) is 1. The topological polar surface area (TPSA) is 68.3 Å². The summed E-state index contributed by atoms with van der Waals surface area (Å²) in [5, 5.41) is 3.29. The highest BCUT2D eigenvalue weighted by atomic mass is 32.1. The molecule has 1 heterocycles. The normalized spacial score (nSPS) is 10.6. The number of nitrogens with one attached hydrogen (secondary N) is 1. The van der Waals surface area contributed by atoms with E-state index >= 15 is 0 Å². The number of fused-ring (bicyclic) bond motifs is 1. The standard InChI is InChI=1S/C18H16N2O3S/c1-10-8-9-11(2)15-14(10)19-18(24-15)20-16(21)12-6-4-5-7-13(12)17(22)23-3/h4-9H,1-3H3,(H,19,20,21). The van der Waals surface area contributed by atoms with Gasteiger partial charge < -0.3 is 4.74 Å². The van der Waals surface area contributed by atoms with Crippen LogP contribution in [0.5, 0.6) is 0 Å². The number of aryl methyl sites for hydroxylation is 2. The van der Waals surface area contributed by atoms with Crippen LogP contribution in [-0.2, 0) is 4.74 Å². The van der Waals surface area contributed by atoms with Crippen LogP contribution < -0.4 is 5.32 Å². The van der Waals surface area contributed by atoms with E-state index in [4.69, 9.17) is 4.74 Å². The maximum absolute atomic E-state index is 12.5. The van der Waals surface area contributed by atoms with Crippen LogP contribution in [0.15, 0.2) is 36.4 Å². The molecule has 122 valence electrons. The number of hydrogen-bond donors (Lipinski definition) is 1. The highest BCUT2D eigenvalue weighted by Gasteiger charge is 2.18. The predicted molar refractivity (Wildman–Crippen MR) is 94.8 cm³/mol. The minimum Gasteiger partial charge on any atom is -0.465 e. The van der Waals surface area contributed by atoms with Gasteiger partial charge in [0.15, 0.2) is 5.13 Å². The monoisotopic (exact) mass is 340 g/mol. The van der Waals surface area contributed by atoms with E-state index in [-0.39, 0.29) is 17.0 Å². The molecule has 1 N–H and O–H groups in total. The summed E-state index contributed by atoms with van der Waals surface area (Å²) in [5.41, 5.74) is 3.55. The molecule has 1 amide bonds. The summed E-state index contributed by atoms with van der Waals surface area (Å²) in [6, 6.07) is 10.6. The van der Waals surface area contributed by atoms with Gasteiger partial charge in [0.2, 0.25) is 0 Å². The third-order valence-corrected chi connectivity index (χ3v) is 4.85. The summed E-state index contributed by atoms with van der Waals surface area (Å²) < 4.78 is 5.77. The lowest BCUT2D eigenvalue weighted by atomic mass is 10.1. The van der Waals surface area contributed by atoms with Crippen molar-refractivity contribution in [1.82, 2.24) is 4.98 Å². The molecule has 3 aromatic rings. The number of thiazole rings is 1. The number of anilines is 1. The Kier molecular flexibility index (Phi) is 4.31. The molecule has 0 aliphatic rings. The van der Waals surface area contributed by atoms with E-state index in [1.54, 1.807) is 24.3 Å². The average molecular weight is 340 g/mol. The van der Waals surface area contributed by atoms with Gasteiger partial charge in [0.1, 0.15) is 0 Å². The van der Waals surface area contributed by atoms with Crippen molar-refractivity contribution >= 4 is 38.6 Å². The molecular formula is C18H16N2O3S. The smallest absolute Gasteiger partial charge is 0.338 e. The van der Waals surface area contributed by atoms with Crippen LogP contribution in [0.4, 0.5) is 5.13 Å². The van der Waals surface area contributed by atoms with Gasteiger partial charge in [0, 0.05) is 0 Å². The molecule has 1 aromatic heterocycles. The number of esters is 1. The van der Waals surface area contributed by atoms with Gasteiger partial charge >= 0.3 is 5.97 Å². The molecule has 6 heteroatoms. The van der Waals surface area contributed by atoms with Crippen molar-refractivity contribution in [2.24, 2.45) is 0 Å². The molecular weight excluding hydrogens is 324 g/mol. The number of methoxy groups -OCH3 is 1. The molecule has 0 unspecified atom stereocenters.